The Morgan fingerprint density at radius 3 is 2.46 bits per heavy atom. The van der Waals surface area contributed by atoms with Crippen molar-refractivity contribution < 1.29 is 14.3 Å². The minimum atomic E-state index is -0.144. The molecule has 0 fully saturated rings. The standard InChI is InChI=1S/C20H19N3O3/c1-14-10-15(8-9-18(14)25-2)11-19(24)23-16-12-21-20(22-13-16)26-17-6-4-3-5-7-17/h3-10,12-13H,11H2,1-2H3,(H,23,24). The topological polar surface area (TPSA) is 73.3 Å². The van der Waals surface area contributed by atoms with Gasteiger partial charge < -0.3 is 14.8 Å². The monoisotopic (exact) mass is 349 g/mol. The third-order valence-electron chi connectivity index (χ3n) is 3.69. The summed E-state index contributed by atoms with van der Waals surface area (Å²) in [5.74, 6) is 1.31. The van der Waals surface area contributed by atoms with Crippen LogP contribution in [-0.2, 0) is 11.2 Å². The number of anilines is 1. The van der Waals surface area contributed by atoms with Crippen molar-refractivity contribution in [3.05, 3.63) is 72.1 Å². The summed E-state index contributed by atoms with van der Waals surface area (Å²) in [5, 5.41) is 2.78. The number of nitrogens with one attached hydrogen (secondary N) is 1. The molecule has 1 heterocycles. The van der Waals surface area contributed by atoms with Crippen LogP contribution in [0.5, 0.6) is 17.5 Å². The van der Waals surface area contributed by atoms with Gasteiger partial charge in [0.15, 0.2) is 0 Å². The molecule has 2 aromatic carbocycles. The number of hydrogen-bond acceptors (Lipinski definition) is 5. The van der Waals surface area contributed by atoms with Crippen molar-refractivity contribution in [3.8, 4) is 17.5 Å². The van der Waals surface area contributed by atoms with Gasteiger partial charge in [-0.1, -0.05) is 30.3 Å². The highest BCUT2D eigenvalue weighted by atomic mass is 16.5. The highest BCUT2D eigenvalue weighted by Gasteiger charge is 2.08. The van der Waals surface area contributed by atoms with Crippen molar-refractivity contribution in [1.29, 1.82) is 0 Å². The number of carbonyl (C=O) groups is 1. The highest BCUT2D eigenvalue weighted by Crippen LogP contribution is 2.20. The zero-order chi connectivity index (χ0) is 18.4. The molecule has 26 heavy (non-hydrogen) atoms. The van der Waals surface area contributed by atoms with Crippen molar-refractivity contribution in [2.24, 2.45) is 0 Å². The van der Waals surface area contributed by atoms with E-state index in [9.17, 15) is 4.79 Å². The summed E-state index contributed by atoms with van der Waals surface area (Å²) < 4.78 is 10.7. The number of methoxy groups -OCH3 is 1. The van der Waals surface area contributed by atoms with Gasteiger partial charge in [0.1, 0.15) is 11.5 Å². The Kier molecular flexibility index (Phi) is 5.43. The van der Waals surface area contributed by atoms with Crippen LogP contribution in [0.1, 0.15) is 11.1 Å². The van der Waals surface area contributed by atoms with Crippen molar-refractivity contribution in [2.75, 3.05) is 12.4 Å². The Morgan fingerprint density at radius 2 is 1.81 bits per heavy atom. The van der Waals surface area contributed by atoms with Crippen LogP contribution in [0, 0.1) is 6.92 Å². The van der Waals surface area contributed by atoms with Crippen LogP contribution in [0.2, 0.25) is 0 Å². The van der Waals surface area contributed by atoms with Gasteiger partial charge in [0.05, 0.1) is 31.6 Å². The first-order valence-electron chi connectivity index (χ1n) is 8.12. The quantitative estimate of drug-likeness (QED) is 0.733. The van der Waals surface area contributed by atoms with E-state index in [2.05, 4.69) is 15.3 Å². The van der Waals surface area contributed by atoms with E-state index in [1.807, 2.05) is 55.5 Å². The molecule has 0 radical (unpaired) electrons. The van der Waals surface area contributed by atoms with Gasteiger partial charge in [0.2, 0.25) is 5.91 Å². The van der Waals surface area contributed by atoms with E-state index in [-0.39, 0.29) is 18.3 Å². The number of ether oxygens (including phenoxy) is 2. The molecule has 1 N–H and O–H groups in total. The molecule has 1 amide bonds. The Balaban J connectivity index is 1.58. The van der Waals surface area contributed by atoms with Crippen LogP contribution < -0.4 is 14.8 Å². The molecule has 0 saturated heterocycles. The predicted octanol–water partition coefficient (Wildman–Crippen LogP) is 3.77. The van der Waals surface area contributed by atoms with E-state index in [1.165, 1.54) is 12.4 Å². The Bertz CT molecular complexity index is 881. The largest absolute Gasteiger partial charge is 0.496 e. The minimum absolute atomic E-state index is 0.144. The third-order valence-corrected chi connectivity index (χ3v) is 3.69. The fourth-order valence-electron chi connectivity index (χ4n) is 2.47. The molecule has 0 aliphatic carbocycles. The number of rotatable bonds is 6. The molecule has 1 aromatic heterocycles. The maximum atomic E-state index is 12.2. The Morgan fingerprint density at radius 1 is 1.08 bits per heavy atom. The first-order chi connectivity index (χ1) is 12.6. The van der Waals surface area contributed by atoms with Crippen molar-refractivity contribution >= 4 is 11.6 Å². The fourth-order valence-corrected chi connectivity index (χ4v) is 2.47. The van der Waals surface area contributed by atoms with Crippen LogP contribution in [0.25, 0.3) is 0 Å². The lowest BCUT2D eigenvalue weighted by atomic mass is 10.1. The average Bonchev–Trinajstić information content (AvgIpc) is 2.64. The second kappa shape index (κ2) is 8.11. The summed E-state index contributed by atoms with van der Waals surface area (Å²) in [6.07, 6.45) is 3.29. The lowest BCUT2D eigenvalue weighted by Gasteiger charge is -2.08. The molecule has 0 spiro atoms. The maximum absolute atomic E-state index is 12.2. The lowest BCUT2D eigenvalue weighted by molar-refractivity contribution is -0.115. The lowest BCUT2D eigenvalue weighted by Crippen LogP contribution is -2.15. The second-order valence-electron chi connectivity index (χ2n) is 5.70. The number of aryl methyl sites for hydroxylation is 1. The zero-order valence-corrected chi connectivity index (χ0v) is 14.6. The Hall–Kier alpha value is -3.41. The summed E-state index contributed by atoms with van der Waals surface area (Å²) in [4.78, 5) is 20.4. The smallest absolute Gasteiger partial charge is 0.322 e. The number of aromatic nitrogens is 2. The van der Waals surface area contributed by atoms with Gasteiger partial charge in [-0.25, -0.2) is 9.97 Å². The van der Waals surface area contributed by atoms with E-state index >= 15 is 0 Å². The van der Waals surface area contributed by atoms with E-state index in [1.54, 1.807) is 7.11 Å². The predicted molar refractivity (Wildman–Crippen MR) is 98.6 cm³/mol. The molecule has 0 bridgehead atoms. The average molecular weight is 349 g/mol. The first-order valence-corrected chi connectivity index (χ1v) is 8.12. The molecule has 0 aliphatic rings. The van der Waals surface area contributed by atoms with Gasteiger partial charge >= 0.3 is 6.01 Å². The normalized spacial score (nSPS) is 10.2. The highest BCUT2D eigenvalue weighted by molar-refractivity contribution is 5.92. The second-order valence-corrected chi connectivity index (χ2v) is 5.70. The molecule has 0 saturated carbocycles. The fraction of sp³-hybridized carbons (Fsp3) is 0.150. The molecule has 0 aliphatic heterocycles. The van der Waals surface area contributed by atoms with Gasteiger partial charge in [-0.3, -0.25) is 4.79 Å². The number of para-hydroxylation sites is 1. The van der Waals surface area contributed by atoms with Crippen molar-refractivity contribution in [3.63, 3.8) is 0 Å². The van der Waals surface area contributed by atoms with Crippen molar-refractivity contribution in [1.82, 2.24) is 9.97 Å². The molecule has 132 valence electrons. The summed E-state index contributed by atoms with van der Waals surface area (Å²) in [5.41, 5.74) is 2.41. The molecule has 0 atom stereocenters. The van der Waals surface area contributed by atoms with Gasteiger partial charge in [-0.2, -0.15) is 0 Å². The SMILES string of the molecule is COc1ccc(CC(=O)Nc2cnc(Oc3ccccc3)nc2)cc1C. The number of carbonyl (C=O) groups excluding carboxylic acids is 1. The number of amides is 1. The van der Waals surface area contributed by atoms with E-state index < -0.39 is 0 Å². The minimum Gasteiger partial charge on any atom is -0.496 e. The van der Waals surface area contributed by atoms with E-state index in [0.717, 1.165) is 16.9 Å². The van der Waals surface area contributed by atoms with Gasteiger partial charge in [-0.15, -0.1) is 0 Å². The summed E-state index contributed by atoms with van der Waals surface area (Å²) in [7, 11) is 1.62. The summed E-state index contributed by atoms with van der Waals surface area (Å²) in [6, 6.07) is 15.2. The summed E-state index contributed by atoms with van der Waals surface area (Å²) >= 11 is 0. The van der Waals surface area contributed by atoms with Crippen LogP contribution in [0.4, 0.5) is 5.69 Å². The molecule has 6 heteroatoms. The first kappa shape index (κ1) is 17.4. The van der Waals surface area contributed by atoms with Gasteiger partial charge in [0, 0.05) is 0 Å². The molecular formula is C20H19N3O3. The number of hydrogen-bond donors (Lipinski definition) is 1. The van der Waals surface area contributed by atoms with E-state index in [4.69, 9.17) is 9.47 Å². The molecule has 3 aromatic rings. The number of nitrogens with zero attached hydrogens (tertiary/aromatic N) is 2. The maximum Gasteiger partial charge on any atom is 0.322 e. The molecule has 6 nitrogen and oxygen atoms in total. The molecular weight excluding hydrogens is 330 g/mol. The third kappa shape index (κ3) is 4.57. The Labute approximate surface area is 151 Å². The van der Waals surface area contributed by atoms with Gasteiger partial charge in [0.25, 0.3) is 0 Å². The van der Waals surface area contributed by atoms with Crippen molar-refractivity contribution in [2.45, 2.75) is 13.3 Å². The molecule has 3 rings (SSSR count). The van der Waals surface area contributed by atoms with Crippen LogP contribution >= 0.6 is 0 Å². The van der Waals surface area contributed by atoms with Crippen LogP contribution in [0.3, 0.4) is 0 Å². The molecule has 0 unspecified atom stereocenters. The van der Waals surface area contributed by atoms with Gasteiger partial charge in [-0.05, 0) is 36.2 Å². The van der Waals surface area contributed by atoms with E-state index in [0.29, 0.717) is 11.4 Å². The number of benzene rings is 2. The van der Waals surface area contributed by atoms with Crippen LogP contribution in [-0.4, -0.2) is 23.0 Å². The zero-order valence-electron chi connectivity index (χ0n) is 14.6. The van der Waals surface area contributed by atoms with Crippen LogP contribution in [0.15, 0.2) is 60.9 Å². The summed E-state index contributed by atoms with van der Waals surface area (Å²) in [6.45, 7) is 1.94.